The van der Waals surface area contributed by atoms with Crippen molar-refractivity contribution in [3.05, 3.63) is 100 Å². The third-order valence-electron chi connectivity index (χ3n) is 7.22. The van der Waals surface area contributed by atoms with E-state index in [0.717, 1.165) is 52.7 Å². The molecule has 0 bridgehead atoms. The molecule has 0 radical (unpaired) electrons. The summed E-state index contributed by atoms with van der Waals surface area (Å²) in [6.45, 7) is 4.13. The SMILES string of the molecule is CCCCC(c1ccc(C(=O)NCCC(=O)O)cc1)C(c1ccc(OC)cc1)c1c[nH]c2c(F)cc(C)cc12. The van der Waals surface area contributed by atoms with Crippen LogP contribution in [0.4, 0.5) is 4.39 Å². The number of carboxylic acid groups (broad SMARTS) is 1. The van der Waals surface area contributed by atoms with Gasteiger partial charge in [0, 0.05) is 29.6 Å². The fourth-order valence-corrected chi connectivity index (χ4v) is 5.26. The minimum Gasteiger partial charge on any atom is -0.497 e. The number of H-pyrrole nitrogens is 1. The Morgan fingerprint density at radius 2 is 1.74 bits per heavy atom. The fraction of sp³-hybridized carbons (Fsp3) is 0.312. The lowest BCUT2D eigenvalue weighted by atomic mass is 9.74. The van der Waals surface area contributed by atoms with Crippen molar-refractivity contribution in [2.45, 2.75) is 51.4 Å². The summed E-state index contributed by atoms with van der Waals surface area (Å²) in [5.41, 5.74) is 5.03. The quantitative estimate of drug-likeness (QED) is 0.185. The van der Waals surface area contributed by atoms with E-state index in [-0.39, 0.29) is 36.5 Å². The highest BCUT2D eigenvalue weighted by molar-refractivity contribution is 5.94. The Morgan fingerprint density at radius 3 is 2.38 bits per heavy atom. The first-order chi connectivity index (χ1) is 18.8. The molecule has 2 unspecified atom stereocenters. The van der Waals surface area contributed by atoms with Crippen molar-refractivity contribution in [2.24, 2.45) is 0 Å². The van der Waals surface area contributed by atoms with E-state index in [4.69, 9.17) is 9.84 Å². The van der Waals surface area contributed by atoms with Gasteiger partial charge in [-0.15, -0.1) is 0 Å². The number of aryl methyl sites for hydroxylation is 1. The van der Waals surface area contributed by atoms with E-state index < -0.39 is 5.97 Å². The smallest absolute Gasteiger partial charge is 0.305 e. The number of nitrogens with one attached hydrogen (secondary N) is 2. The van der Waals surface area contributed by atoms with Crippen LogP contribution < -0.4 is 10.1 Å². The third kappa shape index (κ3) is 6.48. The molecule has 1 aromatic heterocycles. The van der Waals surface area contributed by atoms with Gasteiger partial charge >= 0.3 is 5.97 Å². The van der Waals surface area contributed by atoms with Gasteiger partial charge in [-0.05, 0) is 77.9 Å². The standard InChI is InChI=1S/C32H35FN2O4/c1-4-5-6-25(21-7-9-23(10-8-21)32(38)34-16-15-29(36)37)30(22-11-13-24(39-3)14-12-22)27-19-35-31-26(27)17-20(2)18-28(31)33/h7-14,17-19,25,30,35H,4-6,15-16H2,1-3H3,(H,34,38)(H,36,37). The number of unbranched alkanes of at least 4 members (excludes halogenated alkanes) is 1. The van der Waals surface area contributed by atoms with Gasteiger partial charge in [0.1, 0.15) is 11.6 Å². The number of hydrogen-bond acceptors (Lipinski definition) is 3. The third-order valence-corrected chi connectivity index (χ3v) is 7.22. The molecule has 4 rings (SSSR count). The molecule has 1 heterocycles. The zero-order valence-corrected chi connectivity index (χ0v) is 22.6. The first kappa shape index (κ1) is 27.9. The number of aromatic amines is 1. The molecule has 7 heteroatoms. The first-order valence-electron chi connectivity index (χ1n) is 13.3. The molecular formula is C32H35FN2O4. The summed E-state index contributed by atoms with van der Waals surface area (Å²) in [4.78, 5) is 26.5. The highest BCUT2D eigenvalue weighted by Crippen LogP contribution is 2.44. The molecule has 2 atom stereocenters. The van der Waals surface area contributed by atoms with Crippen LogP contribution >= 0.6 is 0 Å². The van der Waals surface area contributed by atoms with Crippen molar-refractivity contribution >= 4 is 22.8 Å². The zero-order chi connectivity index (χ0) is 27.9. The van der Waals surface area contributed by atoms with Crippen molar-refractivity contribution in [2.75, 3.05) is 13.7 Å². The van der Waals surface area contributed by atoms with Gasteiger partial charge in [0.05, 0.1) is 19.0 Å². The van der Waals surface area contributed by atoms with Gasteiger partial charge < -0.3 is 20.1 Å². The fourth-order valence-electron chi connectivity index (χ4n) is 5.26. The Hall–Kier alpha value is -4.13. The number of halogens is 1. The van der Waals surface area contributed by atoms with E-state index in [2.05, 4.69) is 29.4 Å². The van der Waals surface area contributed by atoms with Gasteiger partial charge in [-0.3, -0.25) is 9.59 Å². The molecule has 0 fully saturated rings. The van der Waals surface area contributed by atoms with Crippen molar-refractivity contribution in [3.8, 4) is 5.75 Å². The average Bonchev–Trinajstić information content (AvgIpc) is 3.34. The molecule has 0 saturated heterocycles. The van der Waals surface area contributed by atoms with Crippen LogP contribution in [0.15, 0.2) is 66.9 Å². The molecule has 3 N–H and O–H groups in total. The van der Waals surface area contributed by atoms with Crippen LogP contribution in [0.1, 0.15) is 77.1 Å². The summed E-state index contributed by atoms with van der Waals surface area (Å²) in [6.07, 6.45) is 4.72. The number of methoxy groups -OCH3 is 1. The summed E-state index contributed by atoms with van der Waals surface area (Å²) >= 11 is 0. The number of carboxylic acids is 1. The lowest BCUT2D eigenvalue weighted by molar-refractivity contribution is -0.136. The molecule has 39 heavy (non-hydrogen) atoms. The number of ether oxygens (including phenoxy) is 1. The van der Waals surface area contributed by atoms with E-state index in [9.17, 15) is 14.0 Å². The molecular weight excluding hydrogens is 495 g/mol. The van der Waals surface area contributed by atoms with E-state index in [1.54, 1.807) is 25.3 Å². The van der Waals surface area contributed by atoms with Crippen LogP contribution in [0, 0.1) is 12.7 Å². The second kappa shape index (κ2) is 12.6. The number of rotatable bonds is 12. The summed E-state index contributed by atoms with van der Waals surface area (Å²) in [5.74, 6) is -0.781. The van der Waals surface area contributed by atoms with Gasteiger partial charge in [-0.2, -0.15) is 0 Å². The second-order valence-corrected chi connectivity index (χ2v) is 9.93. The molecule has 0 spiro atoms. The maximum absolute atomic E-state index is 14.9. The highest BCUT2D eigenvalue weighted by atomic mass is 19.1. The van der Waals surface area contributed by atoms with Crippen molar-refractivity contribution in [1.29, 1.82) is 0 Å². The number of hydrogen-bond donors (Lipinski definition) is 3. The van der Waals surface area contributed by atoms with Gasteiger partial charge in [-0.1, -0.05) is 44.0 Å². The number of aromatic nitrogens is 1. The van der Waals surface area contributed by atoms with Crippen LogP contribution in [0.25, 0.3) is 10.9 Å². The van der Waals surface area contributed by atoms with Crippen LogP contribution in [0.5, 0.6) is 5.75 Å². The zero-order valence-electron chi connectivity index (χ0n) is 22.6. The molecule has 6 nitrogen and oxygen atoms in total. The molecule has 4 aromatic rings. The minimum absolute atomic E-state index is 0.0602. The number of benzene rings is 3. The van der Waals surface area contributed by atoms with Gasteiger partial charge in [-0.25, -0.2) is 4.39 Å². The highest BCUT2D eigenvalue weighted by Gasteiger charge is 2.29. The molecule has 0 aliphatic heterocycles. The number of carbonyl (C=O) groups is 2. The van der Waals surface area contributed by atoms with E-state index >= 15 is 0 Å². The maximum Gasteiger partial charge on any atom is 0.305 e. The normalized spacial score (nSPS) is 12.7. The van der Waals surface area contributed by atoms with Crippen LogP contribution in [-0.4, -0.2) is 35.6 Å². The Labute approximate surface area is 228 Å². The van der Waals surface area contributed by atoms with E-state index in [0.29, 0.717) is 11.1 Å². The predicted octanol–water partition coefficient (Wildman–Crippen LogP) is 6.93. The molecule has 0 aliphatic carbocycles. The summed E-state index contributed by atoms with van der Waals surface area (Å²) < 4.78 is 20.3. The molecule has 0 saturated carbocycles. The molecule has 1 amide bonds. The van der Waals surface area contributed by atoms with E-state index in [1.807, 2.05) is 43.5 Å². The van der Waals surface area contributed by atoms with Crippen molar-refractivity contribution < 1.29 is 23.8 Å². The van der Waals surface area contributed by atoms with E-state index in [1.165, 1.54) is 0 Å². The van der Waals surface area contributed by atoms with Crippen LogP contribution in [-0.2, 0) is 4.79 Å². The molecule has 0 aliphatic rings. The largest absolute Gasteiger partial charge is 0.497 e. The molecule has 3 aromatic carbocycles. The van der Waals surface area contributed by atoms with Gasteiger partial charge in [0.15, 0.2) is 0 Å². The predicted molar refractivity (Wildman–Crippen MR) is 151 cm³/mol. The van der Waals surface area contributed by atoms with Gasteiger partial charge in [0.25, 0.3) is 5.91 Å². The lowest BCUT2D eigenvalue weighted by Crippen LogP contribution is -2.26. The van der Waals surface area contributed by atoms with Crippen LogP contribution in [0.3, 0.4) is 0 Å². The average molecular weight is 531 g/mol. The van der Waals surface area contributed by atoms with Crippen molar-refractivity contribution in [1.82, 2.24) is 10.3 Å². The second-order valence-electron chi connectivity index (χ2n) is 9.93. The monoisotopic (exact) mass is 530 g/mol. The number of aliphatic carboxylic acids is 1. The number of amides is 1. The summed E-state index contributed by atoms with van der Waals surface area (Å²) in [5, 5.41) is 12.4. The first-order valence-corrected chi connectivity index (χ1v) is 13.3. The van der Waals surface area contributed by atoms with Crippen LogP contribution in [0.2, 0.25) is 0 Å². The Balaban J connectivity index is 1.78. The lowest BCUT2D eigenvalue weighted by Gasteiger charge is -2.29. The topological polar surface area (TPSA) is 91.4 Å². The Kier molecular flexibility index (Phi) is 9.02. The summed E-state index contributed by atoms with van der Waals surface area (Å²) in [6, 6.07) is 19.1. The van der Waals surface area contributed by atoms with Gasteiger partial charge in [0.2, 0.25) is 0 Å². The van der Waals surface area contributed by atoms with Crippen molar-refractivity contribution in [3.63, 3.8) is 0 Å². The Morgan fingerprint density at radius 1 is 1.05 bits per heavy atom. The minimum atomic E-state index is -0.957. The number of fused-ring (bicyclic) bond motifs is 1. The summed E-state index contributed by atoms with van der Waals surface area (Å²) in [7, 11) is 1.64. The number of carbonyl (C=O) groups excluding carboxylic acids is 1. The Bertz CT molecular complexity index is 1430. The maximum atomic E-state index is 14.9. The molecule has 204 valence electrons.